The fourth-order valence-electron chi connectivity index (χ4n) is 2.84. The third-order valence-corrected chi connectivity index (χ3v) is 4.28. The summed E-state index contributed by atoms with van der Waals surface area (Å²) >= 11 is 0. The maximum atomic E-state index is 11.7. The van der Waals surface area contributed by atoms with Crippen molar-refractivity contribution in [2.45, 2.75) is 31.0 Å². The molecule has 11 heteroatoms. The standard InChI is InChI=1S/C15H22N6O5/c1-20(2)9(23)3-4-25-12-11(24)8(5-22)26-15(12)21-7-19-10-13(16)17-6-18-14(10)21/h6-8,11-12,15,22,24H,3-5H2,1-2H3,(H2,16,17,18)/t8-,11-,12-,15-/m1/s1. The van der Waals surface area contributed by atoms with Crippen LogP contribution in [0.15, 0.2) is 12.7 Å². The molecule has 1 aliphatic rings. The lowest BCUT2D eigenvalue weighted by Gasteiger charge is -2.22. The van der Waals surface area contributed by atoms with Crippen LogP contribution >= 0.6 is 0 Å². The molecule has 1 fully saturated rings. The van der Waals surface area contributed by atoms with Gasteiger partial charge < -0.3 is 30.3 Å². The number of aromatic nitrogens is 4. The minimum Gasteiger partial charge on any atom is -0.394 e. The highest BCUT2D eigenvalue weighted by Crippen LogP contribution is 2.33. The largest absolute Gasteiger partial charge is 0.394 e. The summed E-state index contributed by atoms with van der Waals surface area (Å²) in [5.41, 5.74) is 6.62. The molecule has 1 amide bonds. The van der Waals surface area contributed by atoms with Crippen molar-refractivity contribution in [1.82, 2.24) is 24.4 Å². The maximum absolute atomic E-state index is 11.7. The number of rotatable bonds is 6. The smallest absolute Gasteiger partial charge is 0.224 e. The average Bonchev–Trinajstić information content (AvgIpc) is 3.17. The summed E-state index contributed by atoms with van der Waals surface area (Å²) in [6, 6.07) is 0. The zero-order valence-electron chi connectivity index (χ0n) is 14.5. The minimum absolute atomic E-state index is 0.0951. The fraction of sp³-hybridized carbons (Fsp3) is 0.600. The highest BCUT2D eigenvalue weighted by Gasteiger charge is 2.45. The van der Waals surface area contributed by atoms with Crippen molar-refractivity contribution in [3.05, 3.63) is 12.7 Å². The molecule has 0 bridgehead atoms. The zero-order valence-corrected chi connectivity index (χ0v) is 14.5. The number of amides is 1. The molecular weight excluding hydrogens is 344 g/mol. The Morgan fingerprint density at radius 3 is 2.88 bits per heavy atom. The number of imidazole rings is 1. The molecule has 142 valence electrons. The number of hydrogen-bond donors (Lipinski definition) is 3. The van der Waals surface area contributed by atoms with Gasteiger partial charge in [0.15, 0.2) is 17.7 Å². The molecule has 3 rings (SSSR count). The molecule has 4 N–H and O–H groups in total. The molecule has 0 aromatic carbocycles. The van der Waals surface area contributed by atoms with Gasteiger partial charge >= 0.3 is 0 Å². The number of nitrogens with zero attached hydrogens (tertiary/aromatic N) is 5. The molecular formula is C15H22N6O5. The lowest BCUT2D eigenvalue weighted by Crippen LogP contribution is -2.36. The van der Waals surface area contributed by atoms with Crippen LogP contribution in [0.2, 0.25) is 0 Å². The van der Waals surface area contributed by atoms with Crippen LogP contribution < -0.4 is 5.73 Å². The normalized spacial score (nSPS) is 25.7. The molecule has 0 spiro atoms. The summed E-state index contributed by atoms with van der Waals surface area (Å²) < 4.78 is 13.0. The van der Waals surface area contributed by atoms with Gasteiger partial charge in [-0.25, -0.2) is 15.0 Å². The van der Waals surface area contributed by atoms with Crippen LogP contribution in [-0.4, -0.2) is 86.2 Å². The second kappa shape index (κ2) is 7.50. The number of carbonyl (C=O) groups excluding carboxylic acids is 1. The molecule has 0 unspecified atom stereocenters. The van der Waals surface area contributed by atoms with Gasteiger partial charge in [0.2, 0.25) is 5.91 Å². The predicted molar refractivity (Wildman–Crippen MR) is 89.8 cm³/mol. The van der Waals surface area contributed by atoms with E-state index in [0.717, 1.165) is 0 Å². The number of aliphatic hydroxyl groups is 2. The molecule has 3 heterocycles. The van der Waals surface area contributed by atoms with Crippen LogP contribution in [0.5, 0.6) is 0 Å². The number of aliphatic hydroxyl groups excluding tert-OH is 2. The van der Waals surface area contributed by atoms with Crippen molar-refractivity contribution in [1.29, 1.82) is 0 Å². The number of anilines is 1. The molecule has 1 saturated heterocycles. The van der Waals surface area contributed by atoms with Gasteiger partial charge in [-0.3, -0.25) is 9.36 Å². The number of nitrogen functional groups attached to an aromatic ring is 1. The Balaban J connectivity index is 1.83. The second-order valence-corrected chi connectivity index (χ2v) is 6.19. The summed E-state index contributed by atoms with van der Waals surface area (Å²) in [6.45, 7) is -0.279. The van der Waals surface area contributed by atoms with E-state index in [-0.39, 0.29) is 31.4 Å². The Labute approximate surface area is 149 Å². The van der Waals surface area contributed by atoms with Crippen LogP contribution in [0.1, 0.15) is 12.6 Å². The molecule has 2 aromatic rings. The number of ether oxygens (including phenoxy) is 2. The van der Waals surface area contributed by atoms with Gasteiger partial charge in [0.25, 0.3) is 0 Å². The van der Waals surface area contributed by atoms with Crippen molar-refractivity contribution in [3.63, 3.8) is 0 Å². The van der Waals surface area contributed by atoms with E-state index >= 15 is 0 Å². The van der Waals surface area contributed by atoms with Crippen LogP contribution in [0.25, 0.3) is 11.2 Å². The van der Waals surface area contributed by atoms with E-state index in [1.165, 1.54) is 17.6 Å². The van der Waals surface area contributed by atoms with E-state index in [1.807, 2.05) is 0 Å². The van der Waals surface area contributed by atoms with Crippen LogP contribution in [0.3, 0.4) is 0 Å². The van der Waals surface area contributed by atoms with E-state index in [1.54, 1.807) is 18.7 Å². The van der Waals surface area contributed by atoms with Gasteiger partial charge in [0.1, 0.15) is 30.2 Å². The lowest BCUT2D eigenvalue weighted by atomic mass is 10.1. The van der Waals surface area contributed by atoms with Crippen molar-refractivity contribution in [3.8, 4) is 0 Å². The molecule has 2 aromatic heterocycles. The third-order valence-electron chi connectivity index (χ3n) is 4.28. The summed E-state index contributed by atoms with van der Waals surface area (Å²) in [5.74, 6) is 0.127. The quantitative estimate of drug-likeness (QED) is 0.556. The summed E-state index contributed by atoms with van der Waals surface area (Å²) in [7, 11) is 3.31. The first-order valence-corrected chi connectivity index (χ1v) is 8.13. The minimum atomic E-state index is -1.07. The Bertz CT molecular complexity index is 781. The Kier molecular flexibility index (Phi) is 5.32. The fourth-order valence-corrected chi connectivity index (χ4v) is 2.84. The van der Waals surface area contributed by atoms with Gasteiger partial charge in [-0.05, 0) is 0 Å². The van der Waals surface area contributed by atoms with Gasteiger partial charge in [-0.2, -0.15) is 0 Å². The van der Waals surface area contributed by atoms with E-state index < -0.39 is 24.5 Å². The van der Waals surface area contributed by atoms with Crippen molar-refractivity contribution in [2.24, 2.45) is 0 Å². The Morgan fingerprint density at radius 2 is 2.19 bits per heavy atom. The SMILES string of the molecule is CN(C)C(=O)CCO[C@@H]1[C@H](O)[C@@H](CO)O[C@H]1n1cnc2c(N)ncnc21. The first-order valence-electron chi connectivity index (χ1n) is 8.13. The summed E-state index contributed by atoms with van der Waals surface area (Å²) in [6.07, 6.45) is -0.564. The van der Waals surface area contributed by atoms with Gasteiger partial charge in [0, 0.05) is 14.1 Å². The molecule has 0 radical (unpaired) electrons. The molecule has 26 heavy (non-hydrogen) atoms. The van der Waals surface area contributed by atoms with E-state index in [2.05, 4.69) is 15.0 Å². The molecule has 0 aliphatic carbocycles. The van der Waals surface area contributed by atoms with Crippen molar-refractivity contribution in [2.75, 3.05) is 33.0 Å². The molecule has 11 nitrogen and oxygen atoms in total. The van der Waals surface area contributed by atoms with Crippen LogP contribution in [0.4, 0.5) is 5.82 Å². The van der Waals surface area contributed by atoms with E-state index in [0.29, 0.717) is 11.2 Å². The topological polar surface area (TPSA) is 149 Å². The highest BCUT2D eigenvalue weighted by molar-refractivity contribution is 5.81. The number of hydrogen-bond acceptors (Lipinski definition) is 9. The van der Waals surface area contributed by atoms with Crippen molar-refractivity contribution >= 4 is 22.9 Å². The Morgan fingerprint density at radius 1 is 1.42 bits per heavy atom. The summed E-state index contributed by atoms with van der Waals surface area (Å²) in [4.78, 5) is 25.4. The predicted octanol–water partition coefficient (Wildman–Crippen LogP) is -1.48. The van der Waals surface area contributed by atoms with E-state index in [9.17, 15) is 15.0 Å². The number of nitrogens with two attached hydrogens (primary N) is 1. The summed E-state index contributed by atoms with van der Waals surface area (Å²) in [5, 5.41) is 19.9. The number of carbonyl (C=O) groups is 1. The molecule has 4 atom stereocenters. The van der Waals surface area contributed by atoms with Gasteiger partial charge in [-0.15, -0.1) is 0 Å². The molecule has 0 saturated carbocycles. The average molecular weight is 366 g/mol. The van der Waals surface area contributed by atoms with E-state index in [4.69, 9.17) is 15.2 Å². The monoisotopic (exact) mass is 366 g/mol. The second-order valence-electron chi connectivity index (χ2n) is 6.19. The van der Waals surface area contributed by atoms with Gasteiger partial charge in [-0.1, -0.05) is 0 Å². The molecule has 1 aliphatic heterocycles. The maximum Gasteiger partial charge on any atom is 0.224 e. The first kappa shape index (κ1) is 18.5. The van der Waals surface area contributed by atoms with Crippen molar-refractivity contribution < 1.29 is 24.5 Å². The Hall–Kier alpha value is -2.34. The third kappa shape index (κ3) is 3.33. The van der Waals surface area contributed by atoms with Crippen LogP contribution in [-0.2, 0) is 14.3 Å². The zero-order chi connectivity index (χ0) is 18.8. The number of fused-ring (bicyclic) bond motifs is 1. The van der Waals surface area contributed by atoms with Gasteiger partial charge in [0.05, 0.1) is 26.0 Å². The first-order chi connectivity index (χ1) is 12.4. The highest BCUT2D eigenvalue weighted by atomic mass is 16.6. The van der Waals surface area contributed by atoms with Crippen LogP contribution in [0, 0.1) is 0 Å². The lowest BCUT2D eigenvalue weighted by molar-refractivity contribution is -0.131.